The molecular weight excluding hydrogens is 320 g/mol. The molecule has 3 rings (SSSR count). The number of H-pyrrole nitrogens is 1. The maximum Gasteiger partial charge on any atom is 0.195 e. The Morgan fingerprint density at radius 3 is 3.14 bits per heavy atom. The van der Waals surface area contributed by atoms with Gasteiger partial charge in [0.1, 0.15) is 0 Å². The van der Waals surface area contributed by atoms with Crippen LogP contribution in [0.15, 0.2) is 18.2 Å². The summed E-state index contributed by atoms with van der Waals surface area (Å²) in [6.07, 6.45) is 2.43. The van der Waals surface area contributed by atoms with Crippen molar-refractivity contribution in [2.24, 2.45) is 0 Å². The Kier molecular flexibility index (Phi) is 4.81. The molecule has 1 unspecified atom stereocenters. The Bertz CT molecular complexity index is 706. The standard InChI is InChI=1S/C15H19ClN4OS/c1-10-4-5-11(7-13(10)16)17-8-14-18-19-15(22)20(14)9-12-3-2-6-21-12/h4-5,7,12,17H,2-3,6,8-9H2,1H3,(H,19,22). The summed E-state index contributed by atoms with van der Waals surface area (Å²) in [5.41, 5.74) is 2.03. The van der Waals surface area contributed by atoms with Gasteiger partial charge in [-0.15, -0.1) is 0 Å². The zero-order valence-electron chi connectivity index (χ0n) is 12.4. The number of ether oxygens (including phenoxy) is 1. The van der Waals surface area contributed by atoms with Crippen molar-refractivity contribution in [3.63, 3.8) is 0 Å². The molecular formula is C15H19ClN4OS. The highest BCUT2D eigenvalue weighted by Crippen LogP contribution is 2.20. The lowest BCUT2D eigenvalue weighted by Gasteiger charge is -2.13. The molecule has 7 heteroatoms. The third-order valence-corrected chi connectivity index (χ3v) is 4.59. The van der Waals surface area contributed by atoms with Gasteiger partial charge >= 0.3 is 0 Å². The van der Waals surface area contributed by atoms with Crippen molar-refractivity contribution < 1.29 is 4.74 Å². The minimum atomic E-state index is 0.233. The second-order valence-electron chi connectivity index (χ2n) is 5.51. The number of anilines is 1. The number of halogens is 1. The predicted octanol–water partition coefficient (Wildman–Crippen LogP) is 3.69. The van der Waals surface area contributed by atoms with E-state index in [1.54, 1.807) is 0 Å². The highest BCUT2D eigenvalue weighted by molar-refractivity contribution is 7.71. The Balaban J connectivity index is 1.69. The molecule has 1 fully saturated rings. The van der Waals surface area contributed by atoms with E-state index in [0.29, 0.717) is 11.3 Å². The van der Waals surface area contributed by atoms with Crippen molar-refractivity contribution in [1.82, 2.24) is 14.8 Å². The number of benzene rings is 1. The Morgan fingerprint density at radius 2 is 2.41 bits per heavy atom. The maximum atomic E-state index is 6.14. The van der Waals surface area contributed by atoms with Crippen LogP contribution < -0.4 is 5.32 Å². The third-order valence-electron chi connectivity index (χ3n) is 3.87. The lowest BCUT2D eigenvalue weighted by atomic mass is 10.2. The Labute approximate surface area is 139 Å². The minimum absolute atomic E-state index is 0.233. The summed E-state index contributed by atoms with van der Waals surface area (Å²) in [5, 5.41) is 11.3. The molecule has 2 aromatic rings. The summed E-state index contributed by atoms with van der Waals surface area (Å²) in [7, 11) is 0. The van der Waals surface area contributed by atoms with Crippen LogP contribution in [0.3, 0.4) is 0 Å². The van der Waals surface area contributed by atoms with Crippen molar-refractivity contribution in [1.29, 1.82) is 0 Å². The summed E-state index contributed by atoms with van der Waals surface area (Å²) in [5.74, 6) is 0.872. The quantitative estimate of drug-likeness (QED) is 0.816. The van der Waals surface area contributed by atoms with E-state index in [0.717, 1.165) is 48.1 Å². The topological polar surface area (TPSA) is 54.9 Å². The number of nitrogens with zero attached hydrogens (tertiary/aromatic N) is 2. The van der Waals surface area contributed by atoms with Crippen LogP contribution in [0.5, 0.6) is 0 Å². The fraction of sp³-hybridized carbons (Fsp3) is 0.467. The van der Waals surface area contributed by atoms with Crippen LogP contribution in [0.1, 0.15) is 24.2 Å². The zero-order valence-corrected chi connectivity index (χ0v) is 14.0. The van der Waals surface area contributed by atoms with Crippen LogP contribution in [-0.4, -0.2) is 27.5 Å². The van der Waals surface area contributed by atoms with Gasteiger partial charge in [-0.1, -0.05) is 17.7 Å². The lowest BCUT2D eigenvalue weighted by Crippen LogP contribution is -2.18. The summed E-state index contributed by atoms with van der Waals surface area (Å²) in [6, 6.07) is 5.92. The number of hydrogen-bond acceptors (Lipinski definition) is 4. The van der Waals surface area contributed by atoms with Crippen LogP contribution in [0.25, 0.3) is 0 Å². The maximum absolute atomic E-state index is 6.14. The molecule has 22 heavy (non-hydrogen) atoms. The van der Waals surface area contributed by atoms with Gasteiger partial charge in [0.2, 0.25) is 0 Å². The van der Waals surface area contributed by atoms with Gasteiger partial charge in [0.05, 0.1) is 19.2 Å². The van der Waals surface area contributed by atoms with Gasteiger partial charge in [-0.2, -0.15) is 5.10 Å². The minimum Gasteiger partial charge on any atom is -0.378 e. The van der Waals surface area contributed by atoms with Crippen molar-refractivity contribution in [2.45, 2.75) is 39.0 Å². The molecule has 1 aliphatic rings. The Hall–Kier alpha value is -1.37. The first kappa shape index (κ1) is 15.5. The average Bonchev–Trinajstić information content (AvgIpc) is 3.13. The molecule has 0 amide bonds. The van der Waals surface area contributed by atoms with Crippen LogP contribution >= 0.6 is 23.8 Å². The highest BCUT2D eigenvalue weighted by Gasteiger charge is 2.18. The summed E-state index contributed by atoms with van der Waals surface area (Å²) in [4.78, 5) is 0. The molecule has 5 nitrogen and oxygen atoms in total. The largest absolute Gasteiger partial charge is 0.378 e. The van der Waals surface area contributed by atoms with Gasteiger partial charge in [0, 0.05) is 17.3 Å². The number of nitrogens with one attached hydrogen (secondary N) is 2. The van der Waals surface area contributed by atoms with Crippen LogP contribution in [0.2, 0.25) is 5.02 Å². The van der Waals surface area contributed by atoms with Crippen molar-refractivity contribution >= 4 is 29.5 Å². The molecule has 118 valence electrons. The molecule has 1 atom stereocenters. The smallest absolute Gasteiger partial charge is 0.195 e. The number of aromatic nitrogens is 3. The fourth-order valence-electron chi connectivity index (χ4n) is 2.55. The van der Waals surface area contributed by atoms with E-state index in [1.165, 1.54) is 0 Å². The summed E-state index contributed by atoms with van der Waals surface area (Å²) in [6.45, 7) is 4.16. The number of hydrogen-bond donors (Lipinski definition) is 2. The predicted molar refractivity (Wildman–Crippen MR) is 89.9 cm³/mol. The van der Waals surface area contributed by atoms with E-state index in [1.807, 2.05) is 29.7 Å². The summed E-state index contributed by atoms with van der Waals surface area (Å²) < 4.78 is 8.32. The van der Waals surface area contributed by atoms with E-state index in [9.17, 15) is 0 Å². The SMILES string of the molecule is Cc1ccc(NCc2n[nH]c(=S)n2CC2CCCO2)cc1Cl. The first-order chi connectivity index (χ1) is 10.6. The van der Waals surface area contributed by atoms with E-state index in [-0.39, 0.29) is 6.10 Å². The molecule has 2 N–H and O–H groups in total. The first-order valence-electron chi connectivity index (χ1n) is 7.39. The molecule has 1 saturated heterocycles. The van der Waals surface area contributed by atoms with Crippen LogP contribution in [0, 0.1) is 11.7 Å². The van der Waals surface area contributed by atoms with E-state index < -0.39 is 0 Å². The average molecular weight is 339 g/mol. The van der Waals surface area contributed by atoms with Crippen LogP contribution in [-0.2, 0) is 17.8 Å². The molecule has 0 saturated carbocycles. The third kappa shape index (κ3) is 3.51. The van der Waals surface area contributed by atoms with Gasteiger partial charge in [-0.25, -0.2) is 0 Å². The number of aromatic amines is 1. The number of rotatable bonds is 5. The van der Waals surface area contributed by atoms with Gasteiger partial charge < -0.3 is 14.6 Å². The first-order valence-corrected chi connectivity index (χ1v) is 8.18. The second-order valence-corrected chi connectivity index (χ2v) is 6.30. The highest BCUT2D eigenvalue weighted by atomic mass is 35.5. The molecule has 1 aromatic heterocycles. The summed E-state index contributed by atoms with van der Waals surface area (Å²) >= 11 is 11.5. The van der Waals surface area contributed by atoms with Crippen molar-refractivity contribution in [3.05, 3.63) is 39.4 Å². The molecule has 0 aliphatic carbocycles. The van der Waals surface area contributed by atoms with Gasteiger partial charge in [0.25, 0.3) is 0 Å². The monoisotopic (exact) mass is 338 g/mol. The lowest BCUT2D eigenvalue weighted by molar-refractivity contribution is 0.0959. The molecule has 1 aliphatic heterocycles. The van der Waals surface area contributed by atoms with Crippen molar-refractivity contribution in [3.8, 4) is 0 Å². The molecule has 0 spiro atoms. The van der Waals surface area contributed by atoms with Crippen LogP contribution in [0.4, 0.5) is 5.69 Å². The molecule has 0 radical (unpaired) electrons. The zero-order chi connectivity index (χ0) is 15.5. The van der Waals surface area contributed by atoms with Crippen molar-refractivity contribution in [2.75, 3.05) is 11.9 Å². The van der Waals surface area contributed by atoms with Gasteiger partial charge in [-0.05, 0) is 49.7 Å². The van der Waals surface area contributed by atoms with E-state index >= 15 is 0 Å². The fourth-order valence-corrected chi connectivity index (χ4v) is 2.96. The number of aryl methyl sites for hydroxylation is 1. The molecule has 1 aromatic carbocycles. The second kappa shape index (κ2) is 6.81. The molecule has 0 bridgehead atoms. The molecule has 2 heterocycles. The van der Waals surface area contributed by atoms with Gasteiger partial charge in [-0.3, -0.25) is 5.10 Å². The Morgan fingerprint density at radius 1 is 1.55 bits per heavy atom. The van der Waals surface area contributed by atoms with E-state index in [4.69, 9.17) is 28.6 Å². The normalized spacial score (nSPS) is 17.8. The van der Waals surface area contributed by atoms with Gasteiger partial charge in [0.15, 0.2) is 10.6 Å². The van der Waals surface area contributed by atoms with E-state index in [2.05, 4.69) is 15.5 Å².